The second-order valence-electron chi connectivity index (χ2n) is 2.47. The van der Waals surface area contributed by atoms with Crippen LogP contribution < -0.4 is 0 Å². The molecule has 26 heteroatoms. The largest absolute Gasteiger partial charge is 5.00 e. The van der Waals surface area contributed by atoms with Crippen LogP contribution in [0.4, 0.5) is 86.3 Å². The number of rotatable bonds is 0. The zero-order valence-corrected chi connectivity index (χ0v) is 14.1. The molecule has 0 rings (SSSR count). The molecule has 0 atom stereocenters. The molecule has 0 radical (unpaired) electrons. The maximum atomic E-state index is 9.75. The summed E-state index contributed by atoms with van der Waals surface area (Å²) in [5, 5.41) is 0. The van der Waals surface area contributed by atoms with Crippen LogP contribution in [0.1, 0.15) is 0 Å². The molecule has 0 bridgehead atoms. The van der Waals surface area contributed by atoms with E-state index in [0.717, 1.165) is 0 Å². The van der Waals surface area contributed by atoms with E-state index < -0.39 is 36.3 Å². The zero-order chi connectivity index (χ0) is 22.5. The second-order valence-corrected chi connectivity index (χ2v) is 2.47. The van der Waals surface area contributed by atoms with Crippen LogP contribution in [0.2, 0.25) is 0 Å². The molecule has 0 aliphatic heterocycles. The summed E-state index contributed by atoms with van der Waals surface area (Å²) in [6, 6.07) is 0. The molecule has 0 heterocycles. The summed E-state index contributed by atoms with van der Waals surface area (Å²) in [6.45, 7) is 0. The van der Waals surface area contributed by atoms with E-state index in [1.54, 1.807) is 0 Å². The van der Waals surface area contributed by atoms with Crippen LogP contribution >= 0.6 is 0 Å². The topological polar surface area (TPSA) is 0 Å². The molecule has 0 spiro atoms. The summed E-state index contributed by atoms with van der Waals surface area (Å²) in [5.74, 6) is 0. The Morgan fingerprint density at radius 3 is 0.192 bits per heavy atom. The van der Waals surface area contributed by atoms with Crippen molar-refractivity contribution in [1.29, 1.82) is 0 Å². The predicted octanol–water partition coefficient (Wildman–Crippen LogP) is 6.50. The molecule has 0 aromatic rings. The van der Waals surface area contributed by atoms with Gasteiger partial charge in [0.2, 0.25) is 0 Å². The first-order valence-electron chi connectivity index (χ1n) is 4.36. The average Bonchev–Trinajstić information content (AvgIpc) is 1.79. The van der Waals surface area contributed by atoms with E-state index >= 15 is 0 Å². The molecular formula is B5F20Ta. The summed E-state index contributed by atoms with van der Waals surface area (Å²) in [7, 11) is -30.0. The van der Waals surface area contributed by atoms with Gasteiger partial charge in [0.25, 0.3) is 0 Å². The summed E-state index contributed by atoms with van der Waals surface area (Å²) in [4.78, 5) is 0. The molecule has 0 aromatic carbocycles. The van der Waals surface area contributed by atoms with Crippen LogP contribution in [0.3, 0.4) is 0 Å². The number of hydrogen-bond donors (Lipinski definition) is 0. The van der Waals surface area contributed by atoms with Crippen molar-refractivity contribution in [3.05, 3.63) is 0 Å². The van der Waals surface area contributed by atoms with Crippen molar-refractivity contribution in [1.82, 2.24) is 0 Å². The standard InChI is InChI=1S/5BF4.Ta/c5*2-1(3,4)5;/q5*-1;+5. The molecule has 0 amide bonds. The van der Waals surface area contributed by atoms with E-state index in [0.29, 0.717) is 0 Å². The summed E-state index contributed by atoms with van der Waals surface area (Å²) < 4.78 is 195. The first-order chi connectivity index (χ1) is 10.0. The van der Waals surface area contributed by atoms with Gasteiger partial charge in [-0.1, -0.05) is 0 Å². The van der Waals surface area contributed by atoms with Gasteiger partial charge in [0.1, 0.15) is 0 Å². The van der Waals surface area contributed by atoms with Gasteiger partial charge in [0, 0.05) is 0 Å². The Bertz CT molecular complexity index is 171. The van der Waals surface area contributed by atoms with Crippen LogP contribution in [0, 0.1) is 0 Å². The van der Waals surface area contributed by atoms with Gasteiger partial charge in [0.15, 0.2) is 0 Å². The number of halogens is 20. The Morgan fingerprint density at radius 2 is 0.192 bits per heavy atom. The van der Waals surface area contributed by atoms with E-state index in [1.807, 2.05) is 0 Å². The molecule has 0 fully saturated rings. The van der Waals surface area contributed by atoms with Gasteiger partial charge in [-0.15, -0.1) is 0 Å². The molecule has 0 saturated heterocycles. The van der Waals surface area contributed by atoms with Crippen molar-refractivity contribution >= 4 is 36.3 Å². The van der Waals surface area contributed by atoms with Crippen LogP contribution in [-0.2, 0) is 22.4 Å². The molecule has 0 unspecified atom stereocenters. The average molecular weight is 615 g/mol. The second kappa shape index (κ2) is 15.7. The molecule has 0 saturated carbocycles. The summed E-state index contributed by atoms with van der Waals surface area (Å²) in [5.41, 5.74) is 0. The molecular weight excluding hydrogens is 615 g/mol. The van der Waals surface area contributed by atoms with Gasteiger partial charge in [-0.2, -0.15) is 0 Å². The maximum absolute atomic E-state index is 9.75. The van der Waals surface area contributed by atoms with Gasteiger partial charge in [-0.05, 0) is 0 Å². The van der Waals surface area contributed by atoms with Crippen LogP contribution in [0.15, 0.2) is 0 Å². The van der Waals surface area contributed by atoms with E-state index in [1.165, 1.54) is 0 Å². The van der Waals surface area contributed by atoms with Crippen molar-refractivity contribution in [3.8, 4) is 0 Å². The van der Waals surface area contributed by atoms with Crippen molar-refractivity contribution in [3.63, 3.8) is 0 Å². The van der Waals surface area contributed by atoms with Gasteiger partial charge in [-0.25, -0.2) is 0 Å². The monoisotopic (exact) mass is 616 g/mol. The Labute approximate surface area is 146 Å². The van der Waals surface area contributed by atoms with Crippen molar-refractivity contribution < 1.29 is 109 Å². The van der Waals surface area contributed by atoms with Crippen molar-refractivity contribution in [2.75, 3.05) is 0 Å². The van der Waals surface area contributed by atoms with E-state index in [9.17, 15) is 86.3 Å². The molecule has 26 heavy (non-hydrogen) atoms. The minimum absolute atomic E-state index is 0. The number of hydrogen-bond acceptors (Lipinski definition) is 0. The first-order valence-corrected chi connectivity index (χ1v) is 4.36. The Hall–Kier alpha value is -0.335. The van der Waals surface area contributed by atoms with E-state index in [-0.39, 0.29) is 22.4 Å². The predicted molar refractivity (Wildman–Crippen MR) is 50.9 cm³/mol. The Morgan fingerprint density at radius 1 is 0.192 bits per heavy atom. The molecule has 0 nitrogen and oxygen atoms in total. The quantitative estimate of drug-likeness (QED) is 0.216. The van der Waals surface area contributed by atoms with Gasteiger partial charge in [-0.3, -0.25) is 0 Å². The summed E-state index contributed by atoms with van der Waals surface area (Å²) >= 11 is 0. The minimum Gasteiger partial charge on any atom is -0.418 e. The molecule has 0 aliphatic rings. The minimum atomic E-state index is -6.00. The van der Waals surface area contributed by atoms with E-state index in [4.69, 9.17) is 0 Å². The van der Waals surface area contributed by atoms with Gasteiger partial charge < -0.3 is 86.3 Å². The smallest absolute Gasteiger partial charge is 0.418 e. The SMILES string of the molecule is F[B-](F)(F)F.F[B-](F)(F)F.F[B-](F)(F)F.F[B-](F)(F)F.F[B-](F)(F)F.[Ta+5]. The van der Waals surface area contributed by atoms with Crippen LogP contribution in [0.5, 0.6) is 0 Å². The van der Waals surface area contributed by atoms with Gasteiger partial charge in [0.05, 0.1) is 0 Å². The molecule has 0 aromatic heterocycles. The van der Waals surface area contributed by atoms with Crippen LogP contribution in [0.25, 0.3) is 0 Å². The fourth-order valence-corrected chi connectivity index (χ4v) is 0. The van der Waals surface area contributed by atoms with Crippen molar-refractivity contribution in [2.45, 2.75) is 0 Å². The van der Waals surface area contributed by atoms with Crippen molar-refractivity contribution in [2.24, 2.45) is 0 Å². The third kappa shape index (κ3) is 108000. The zero-order valence-electron chi connectivity index (χ0n) is 10.9. The molecule has 0 N–H and O–H groups in total. The maximum Gasteiger partial charge on any atom is 5.00 e. The van der Waals surface area contributed by atoms with E-state index in [2.05, 4.69) is 0 Å². The Kier molecular flexibility index (Phi) is 24.4. The normalized spacial score (nSPS) is 11.5. The fraction of sp³-hybridized carbons (Fsp3) is 0. The third-order valence-corrected chi connectivity index (χ3v) is 0. The third-order valence-electron chi connectivity index (χ3n) is 0. The molecule has 0 aliphatic carbocycles. The Balaban J connectivity index is -0.0000000476. The molecule has 160 valence electrons. The van der Waals surface area contributed by atoms with Gasteiger partial charge >= 0.3 is 58.7 Å². The summed E-state index contributed by atoms with van der Waals surface area (Å²) in [6.07, 6.45) is 0. The van der Waals surface area contributed by atoms with Crippen LogP contribution in [-0.4, -0.2) is 36.3 Å². The first kappa shape index (κ1) is 40.4. The fourth-order valence-electron chi connectivity index (χ4n) is 0.